The first-order valence-corrected chi connectivity index (χ1v) is 10.7. The summed E-state index contributed by atoms with van der Waals surface area (Å²) in [4.78, 5) is 17.8. The van der Waals surface area contributed by atoms with Crippen LogP contribution in [0.1, 0.15) is 39.0 Å². The van der Waals surface area contributed by atoms with Gasteiger partial charge in [-0.05, 0) is 62.6 Å². The summed E-state index contributed by atoms with van der Waals surface area (Å²) in [5, 5.41) is 11.2. The van der Waals surface area contributed by atoms with Crippen LogP contribution < -0.4 is 0 Å². The van der Waals surface area contributed by atoms with Crippen LogP contribution in [-0.4, -0.2) is 20.4 Å². The van der Waals surface area contributed by atoms with Gasteiger partial charge >= 0.3 is 0 Å². The molecule has 2 aromatic heterocycles. The average molecular weight is 408 g/mol. The third kappa shape index (κ3) is 3.06. The van der Waals surface area contributed by atoms with Gasteiger partial charge < -0.3 is 4.57 Å². The Bertz CT molecular complexity index is 1120. The van der Waals surface area contributed by atoms with Crippen LogP contribution in [0.4, 0.5) is 0 Å². The van der Waals surface area contributed by atoms with Crippen LogP contribution in [0.15, 0.2) is 40.7 Å². The van der Waals surface area contributed by atoms with Crippen molar-refractivity contribution in [1.82, 2.24) is 9.55 Å². The summed E-state index contributed by atoms with van der Waals surface area (Å²) in [6, 6.07) is 8.43. The molecule has 0 aliphatic carbocycles. The molecular formula is C22H21N3OS2. The number of ketones is 1. The van der Waals surface area contributed by atoms with Crippen molar-refractivity contribution in [2.45, 2.75) is 33.6 Å². The highest BCUT2D eigenvalue weighted by molar-refractivity contribution is 8.19. The van der Waals surface area contributed by atoms with Gasteiger partial charge in [0.25, 0.3) is 0 Å². The number of carbonyl (C=O) groups excluding carboxylic acids is 1. The van der Waals surface area contributed by atoms with E-state index in [-0.39, 0.29) is 5.78 Å². The number of Topliss-reactive ketones (excluding diaryl/α,β-unsaturated/α-hetero) is 1. The van der Waals surface area contributed by atoms with Gasteiger partial charge in [-0.1, -0.05) is 23.9 Å². The Kier molecular flexibility index (Phi) is 4.85. The van der Waals surface area contributed by atoms with E-state index in [1.165, 1.54) is 39.9 Å². The maximum atomic E-state index is 12.9. The summed E-state index contributed by atoms with van der Waals surface area (Å²) in [7, 11) is 0. The van der Waals surface area contributed by atoms with Gasteiger partial charge in [0, 0.05) is 28.7 Å². The van der Waals surface area contributed by atoms with E-state index in [1.807, 2.05) is 11.5 Å². The Morgan fingerprint density at radius 1 is 1.21 bits per heavy atom. The second-order valence-electron chi connectivity index (χ2n) is 7.02. The van der Waals surface area contributed by atoms with Gasteiger partial charge in [-0.15, -0.1) is 11.3 Å². The molecule has 0 amide bonds. The van der Waals surface area contributed by atoms with Crippen molar-refractivity contribution in [3.05, 3.63) is 73.8 Å². The van der Waals surface area contributed by atoms with Crippen LogP contribution >= 0.6 is 23.1 Å². The molecule has 4 nitrogen and oxygen atoms in total. The lowest BCUT2D eigenvalue weighted by molar-refractivity contribution is -0.114. The number of allylic oxidation sites excluding steroid dienone is 1. The Hall–Kier alpha value is -2.44. The fourth-order valence-electron chi connectivity index (χ4n) is 3.61. The molecule has 3 aromatic rings. The molecule has 0 saturated carbocycles. The number of thioether (sulfide) groups is 1. The van der Waals surface area contributed by atoms with E-state index < -0.39 is 5.92 Å². The topological polar surface area (TPSA) is 58.7 Å². The van der Waals surface area contributed by atoms with E-state index in [4.69, 9.17) is 5.41 Å². The molecule has 0 bridgehead atoms. The number of benzene rings is 1. The van der Waals surface area contributed by atoms with Gasteiger partial charge in [-0.3, -0.25) is 10.2 Å². The van der Waals surface area contributed by atoms with E-state index in [0.29, 0.717) is 15.0 Å². The average Bonchev–Trinajstić information content (AvgIpc) is 3.32. The number of hydrogen-bond donors (Lipinski definition) is 1. The molecule has 1 aromatic carbocycles. The molecule has 142 valence electrons. The molecule has 6 heteroatoms. The van der Waals surface area contributed by atoms with Crippen molar-refractivity contribution in [1.29, 1.82) is 5.41 Å². The second kappa shape index (κ2) is 7.18. The SMILES string of the molecule is Cc1cccc(-n2c(C)cc(C=C3SC(=N)C(c4nccs4)C3=O)c2C)c1C. The van der Waals surface area contributed by atoms with Gasteiger partial charge in [-0.2, -0.15) is 0 Å². The third-order valence-electron chi connectivity index (χ3n) is 5.26. The molecule has 1 aliphatic heterocycles. The smallest absolute Gasteiger partial charge is 0.186 e. The zero-order valence-electron chi connectivity index (χ0n) is 16.2. The molecule has 0 spiro atoms. The van der Waals surface area contributed by atoms with Crippen molar-refractivity contribution < 1.29 is 4.79 Å². The van der Waals surface area contributed by atoms with Crippen molar-refractivity contribution in [2.24, 2.45) is 0 Å². The molecular weight excluding hydrogens is 386 g/mol. The predicted octanol–water partition coefficient (Wildman–Crippen LogP) is 5.59. The molecule has 1 saturated heterocycles. The van der Waals surface area contributed by atoms with Crippen molar-refractivity contribution in [3.63, 3.8) is 0 Å². The Morgan fingerprint density at radius 2 is 2.00 bits per heavy atom. The van der Waals surface area contributed by atoms with Gasteiger partial charge in [0.1, 0.15) is 10.9 Å². The van der Waals surface area contributed by atoms with Crippen LogP contribution in [0.5, 0.6) is 0 Å². The van der Waals surface area contributed by atoms with Crippen LogP contribution in [0.2, 0.25) is 0 Å². The first-order valence-electron chi connectivity index (χ1n) is 9.05. The molecule has 3 heterocycles. The predicted molar refractivity (Wildman–Crippen MR) is 118 cm³/mol. The molecule has 4 rings (SSSR count). The number of rotatable bonds is 3. The first-order chi connectivity index (χ1) is 13.4. The largest absolute Gasteiger partial charge is 0.318 e. The highest BCUT2D eigenvalue weighted by Gasteiger charge is 2.38. The van der Waals surface area contributed by atoms with Crippen molar-refractivity contribution >= 4 is 40.0 Å². The molecule has 1 atom stereocenters. The van der Waals surface area contributed by atoms with E-state index in [1.54, 1.807) is 6.20 Å². The minimum absolute atomic E-state index is 0.0264. The van der Waals surface area contributed by atoms with E-state index in [0.717, 1.165) is 17.0 Å². The number of nitrogens with one attached hydrogen (secondary N) is 1. The summed E-state index contributed by atoms with van der Waals surface area (Å²) in [6.45, 7) is 8.42. The molecule has 28 heavy (non-hydrogen) atoms. The van der Waals surface area contributed by atoms with E-state index >= 15 is 0 Å². The van der Waals surface area contributed by atoms with E-state index in [9.17, 15) is 4.79 Å². The lowest BCUT2D eigenvalue weighted by atomic mass is 10.1. The van der Waals surface area contributed by atoms with E-state index in [2.05, 4.69) is 61.5 Å². The summed E-state index contributed by atoms with van der Waals surface area (Å²) >= 11 is 2.68. The standard InChI is InChI=1S/C22H21N3OS2/c1-12-6-5-7-17(14(12)3)25-13(2)10-16(15(25)4)11-18-20(26)19(21(23)28-18)22-24-8-9-27-22/h5-11,19,23H,1-4H3. The molecule has 1 fully saturated rings. The van der Waals surface area contributed by atoms with Crippen LogP contribution in [0.3, 0.4) is 0 Å². The van der Waals surface area contributed by atoms with Crippen molar-refractivity contribution in [3.8, 4) is 5.69 Å². The van der Waals surface area contributed by atoms with Crippen molar-refractivity contribution in [2.75, 3.05) is 0 Å². The Morgan fingerprint density at radius 3 is 2.71 bits per heavy atom. The minimum atomic E-state index is -0.543. The second-order valence-corrected chi connectivity index (χ2v) is 9.03. The highest BCUT2D eigenvalue weighted by atomic mass is 32.2. The summed E-state index contributed by atoms with van der Waals surface area (Å²) in [5.74, 6) is -0.569. The molecule has 0 radical (unpaired) electrons. The Balaban J connectivity index is 1.75. The molecule has 1 unspecified atom stereocenters. The highest BCUT2D eigenvalue weighted by Crippen LogP contribution is 2.41. The minimum Gasteiger partial charge on any atom is -0.318 e. The zero-order valence-corrected chi connectivity index (χ0v) is 17.9. The van der Waals surface area contributed by atoms with Crippen LogP contribution in [-0.2, 0) is 4.79 Å². The third-order valence-corrected chi connectivity index (χ3v) is 7.09. The molecule has 1 aliphatic rings. The fraction of sp³-hybridized carbons (Fsp3) is 0.227. The summed E-state index contributed by atoms with van der Waals surface area (Å²) in [6.07, 6.45) is 3.61. The quantitative estimate of drug-likeness (QED) is 0.576. The lowest BCUT2D eigenvalue weighted by Crippen LogP contribution is -2.11. The number of hydrogen-bond acceptors (Lipinski definition) is 5. The van der Waals surface area contributed by atoms with Crippen LogP contribution in [0, 0.1) is 33.1 Å². The monoisotopic (exact) mass is 407 g/mol. The number of carbonyl (C=O) groups is 1. The summed E-state index contributed by atoms with van der Waals surface area (Å²) in [5.41, 5.74) is 6.91. The first kappa shape index (κ1) is 18.9. The van der Waals surface area contributed by atoms with Gasteiger partial charge in [0.2, 0.25) is 0 Å². The number of thiazole rings is 1. The summed E-state index contributed by atoms with van der Waals surface area (Å²) < 4.78 is 2.24. The van der Waals surface area contributed by atoms with Gasteiger partial charge in [-0.25, -0.2) is 4.98 Å². The fourth-order valence-corrected chi connectivity index (χ4v) is 5.41. The maximum absolute atomic E-state index is 12.9. The maximum Gasteiger partial charge on any atom is 0.186 e. The normalized spacial score (nSPS) is 18.4. The Labute approximate surface area is 172 Å². The molecule has 1 N–H and O–H groups in total. The number of aryl methyl sites for hydroxylation is 2. The number of nitrogens with zero attached hydrogens (tertiary/aromatic N) is 2. The lowest BCUT2D eigenvalue weighted by Gasteiger charge is -2.14. The van der Waals surface area contributed by atoms with Gasteiger partial charge in [0.15, 0.2) is 5.78 Å². The van der Waals surface area contributed by atoms with Gasteiger partial charge in [0.05, 0.1) is 9.95 Å². The van der Waals surface area contributed by atoms with Crippen LogP contribution in [0.25, 0.3) is 11.8 Å². The zero-order chi connectivity index (χ0) is 20.0. The number of aromatic nitrogens is 2.